The Balaban J connectivity index is 0.000000605. The summed E-state index contributed by atoms with van der Waals surface area (Å²) in [5, 5.41) is 0. The number of halogens is 1. The van der Waals surface area contributed by atoms with E-state index in [1.807, 2.05) is 6.07 Å². The first kappa shape index (κ1) is 8.27. The summed E-state index contributed by atoms with van der Waals surface area (Å²) in [6.07, 6.45) is 1.71. The van der Waals surface area contributed by atoms with Crippen LogP contribution in [0.1, 0.15) is 5.56 Å². The van der Waals surface area contributed by atoms with Gasteiger partial charge in [-0.05, 0) is 24.6 Å². The predicted molar refractivity (Wildman–Crippen MR) is 51.2 cm³/mol. The molecule has 0 atom stereocenters. The van der Waals surface area contributed by atoms with Gasteiger partial charge in [0.2, 0.25) is 0 Å². The van der Waals surface area contributed by atoms with Crippen LogP contribution in [-0.4, -0.2) is 9.97 Å². The Morgan fingerprint density at radius 1 is 1.36 bits per heavy atom. The minimum Gasteiger partial charge on any atom is -0.345 e. The lowest BCUT2D eigenvalue weighted by Gasteiger charge is -1.89. The molecule has 2 rings (SSSR count). The average Bonchev–Trinajstić information content (AvgIpc) is 2.33. The third-order valence-corrected chi connectivity index (χ3v) is 1.58. The molecule has 2 nitrogen and oxygen atoms in total. The van der Waals surface area contributed by atoms with E-state index in [1.54, 1.807) is 6.33 Å². The molecule has 0 radical (unpaired) electrons. The molecule has 1 aromatic heterocycles. The van der Waals surface area contributed by atoms with Crippen molar-refractivity contribution < 1.29 is 0 Å². The van der Waals surface area contributed by atoms with Crippen LogP contribution in [0.25, 0.3) is 11.0 Å². The minimum atomic E-state index is 0. The molecule has 1 N–H and O–H groups in total. The lowest BCUT2D eigenvalue weighted by atomic mass is 10.2. The molecule has 0 saturated heterocycles. The van der Waals surface area contributed by atoms with Gasteiger partial charge in [0.1, 0.15) is 0 Å². The number of benzene rings is 1. The fourth-order valence-electron chi connectivity index (χ4n) is 1.04. The highest BCUT2D eigenvalue weighted by molar-refractivity contribution is 8.93. The quantitative estimate of drug-likeness (QED) is 0.715. The van der Waals surface area contributed by atoms with Crippen molar-refractivity contribution in [2.75, 3.05) is 0 Å². The molecule has 2 aromatic rings. The smallest absolute Gasteiger partial charge is 0.0931 e. The van der Waals surface area contributed by atoms with Gasteiger partial charge < -0.3 is 4.98 Å². The van der Waals surface area contributed by atoms with E-state index in [0.29, 0.717) is 0 Å². The summed E-state index contributed by atoms with van der Waals surface area (Å²) >= 11 is 0. The fraction of sp³-hybridized carbons (Fsp3) is 0.125. The zero-order valence-electron chi connectivity index (χ0n) is 6.16. The molecule has 0 aliphatic rings. The standard InChI is InChI=1S/C8H8N2.BrH/c1-6-2-3-7-8(4-6)10-5-9-7;/h2-5H,1H3,(H,9,10);1H. The first-order valence-electron chi connectivity index (χ1n) is 3.26. The highest BCUT2D eigenvalue weighted by Crippen LogP contribution is 2.09. The maximum absolute atomic E-state index is 4.12. The number of hydrogen-bond donors (Lipinski definition) is 1. The van der Waals surface area contributed by atoms with Crippen LogP contribution in [0.3, 0.4) is 0 Å². The van der Waals surface area contributed by atoms with Gasteiger partial charge in [0.25, 0.3) is 0 Å². The van der Waals surface area contributed by atoms with Crippen molar-refractivity contribution in [1.82, 2.24) is 9.97 Å². The fourth-order valence-corrected chi connectivity index (χ4v) is 1.04. The summed E-state index contributed by atoms with van der Waals surface area (Å²) in [6, 6.07) is 6.17. The number of nitrogens with zero attached hydrogens (tertiary/aromatic N) is 1. The van der Waals surface area contributed by atoms with E-state index in [-0.39, 0.29) is 17.0 Å². The van der Waals surface area contributed by atoms with E-state index in [1.165, 1.54) is 5.56 Å². The van der Waals surface area contributed by atoms with Crippen LogP contribution in [0.5, 0.6) is 0 Å². The molecule has 1 heterocycles. The van der Waals surface area contributed by atoms with Crippen molar-refractivity contribution in [2.45, 2.75) is 6.92 Å². The van der Waals surface area contributed by atoms with E-state index in [0.717, 1.165) is 11.0 Å². The van der Waals surface area contributed by atoms with Gasteiger partial charge in [-0.2, -0.15) is 0 Å². The maximum atomic E-state index is 4.12. The Kier molecular flexibility index (Phi) is 2.29. The van der Waals surface area contributed by atoms with Crippen molar-refractivity contribution in [1.29, 1.82) is 0 Å². The van der Waals surface area contributed by atoms with Crippen molar-refractivity contribution >= 4 is 28.0 Å². The molecule has 0 aliphatic heterocycles. The summed E-state index contributed by atoms with van der Waals surface area (Å²) in [7, 11) is 0. The van der Waals surface area contributed by atoms with Crippen molar-refractivity contribution in [2.24, 2.45) is 0 Å². The van der Waals surface area contributed by atoms with Crippen molar-refractivity contribution in [3.05, 3.63) is 30.1 Å². The number of H-pyrrole nitrogens is 1. The number of nitrogens with one attached hydrogen (secondary N) is 1. The van der Waals surface area contributed by atoms with Gasteiger partial charge in [-0.1, -0.05) is 6.07 Å². The molecular formula is C8H9BrN2. The highest BCUT2D eigenvalue weighted by Gasteiger charge is 1.92. The van der Waals surface area contributed by atoms with E-state index in [9.17, 15) is 0 Å². The Bertz CT molecular complexity index is 354. The second-order valence-electron chi connectivity index (χ2n) is 2.42. The van der Waals surface area contributed by atoms with E-state index >= 15 is 0 Å². The first-order chi connectivity index (χ1) is 4.86. The minimum absolute atomic E-state index is 0. The zero-order chi connectivity index (χ0) is 6.97. The summed E-state index contributed by atoms with van der Waals surface area (Å²) in [6.45, 7) is 2.06. The van der Waals surface area contributed by atoms with E-state index in [2.05, 4.69) is 29.0 Å². The topological polar surface area (TPSA) is 28.7 Å². The van der Waals surface area contributed by atoms with E-state index < -0.39 is 0 Å². The summed E-state index contributed by atoms with van der Waals surface area (Å²) in [4.78, 5) is 7.16. The number of aromatic nitrogens is 2. The lowest BCUT2D eigenvalue weighted by molar-refractivity contribution is 1.34. The van der Waals surface area contributed by atoms with Crippen LogP contribution in [0.15, 0.2) is 24.5 Å². The Morgan fingerprint density at radius 3 is 3.00 bits per heavy atom. The number of rotatable bonds is 0. The third-order valence-electron chi connectivity index (χ3n) is 1.58. The molecule has 0 unspecified atom stereocenters. The third kappa shape index (κ3) is 1.43. The normalized spacial score (nSPS) is 9.55. The summed E-state index contributed by atoms with van der Waals surface area (Å²) < 4.78 is 0. The van der Waals surface area contributed by atoms with Crippen molar-refractivity contribution in [3.63, 3.8) is 0 Å². The molecule has 0 spiro atoms. The second-order valence-corrected chi connectivity index (χ2v) is 2.42. The van der Waals surface area contributed by atoms with Gasteiger partial charge in [-0.25, -0.2) is 4.98 Å². The largest absolute Gasteiger partial charge is 0.345 e. The molecule has 1 aromatic carbocycles. The number of imidazole rings is 1. The molecule has 0 bridgehead atoms. The predicted octanol–water partition coefficient (Wildman–Crippen LogP) is 2.45. The molecular weight excluding hydrogens is 204 g/mol. The number of aromatic amines is 1. The lowest BCUT2D eigenvalue weighted by Crippen LogP contribution is -1.71. The second kappa shape index (κ2) is 3.05. The Labute approximate surface area is 75.4 Å². The van der Waals surface area contributed by atoms with E-state index in [4.69, 9.17) is 0 Å². The van der Waals surface area contributed by atoms with Crippen LogP contribution >= 0.6 is 17.0 Å². The van der Waals surface area contributed by atoms with Crippen LogP contribution in [-0.2, 0) is 0 Å². The highest BCUT2D eigenvalue weighted by atomic mass is 79.9. The van der Waals surface area contributed by atoms with Gasteiger partial charge in [-0.3, -0.25) is 0 Å². The van der Waals surface area contributed by atoms with Gasteiger partial charge in [0.15, 0.2) is 0 Å². The number of fused-ring (bicyclic) bond motifs is 1. The van der Waals surface area contributed by atoms with Gasteiger partial charge >= 0.3 is 0 Å². The van der Waals surface area contributed by atoms with Crippen LogP contribution < -0.4 is 0 Å². The Hall–Kier alpha value is -0.830. The molecule has 3 heteroatoms. The molecule has 0 amide bonds. The molecule has 58 valence electrons. The Morgan fingerprint density at radius 2 is 2.18 bits per heavy atom. The first-order valence-corrected chi connectivity index (χ1v) is 3.26. The maximum Gasteiger partial charge on any atom is 0.0931 e. The van der Waals surface area contributed by atoms with Gasteiger partial charge in [-0.15, -0.1) is 17.0 Å². The molecule has 0 fully saturated rings. The van der Waals surface area contributed by atoms with Gasteiger partial charge in [0, 0.05) is 0 Å². The average molecular weight is 213 g/mol. The van der Waals surface area contributed by atoms with Crippen molar-refractivity contribution in [3.8, 4) is 0 Å². The summed E-state index contributed by atoms with van der Waals surface area (Å²) in [5.41, 5.74) is 3.39. The monoisotopic (exact) mass is 212 g/mol. The zero-order valence-corrected chi connectivity index (χ0v) is 7.88. The number of hydrogen-bond acceptors (Lipinski definition) is 1. The number of aryl methyl sites for hydroxylation is 1. The molecule has 11 heavy (non-hydrogen) atoms. The molecule has 0 saturated carbocycles. The van der Waals surface area contributed by atoms with Crippen LogP contribution in [0.4, 0.5) is 0 Å². The van der Waals surface area contributed by atoms with Crippen LogP contribution in [0, 0.1) is 6.92 Å². The summed E-state index contributed by atoms with van der Waals surface area (Å²) in [5.74, 6) is 0. The molecule has 0 aliphatic carbocycles. The van der Waals surface area contributed by atoms with Gasteiger partial charge in [0.05, 0.1) is 17.4 Å². The SMILES string of the molecule is Br.Cc1ccc2[nH]cnc2c1. The van der Waals surface area contributed by atoms with Crippen LogP contribution in [0.2, 0.25) is 0 Å².